The predicted molar refractivity (Wildman–Crippen MR) is 73.1 cm³/mol. The van der Waals surface area contributed by atoms with Crippen molar-refractivity contribution in [3.8, 4) is 0 Å². The molecule has 0 aromatic carbocycles. The molecule has 0 atom stereocenters. The van der Waals surface area contributed by atoms with Gasteiger partial charge >= 0.3 is 0 Å². The first-order valence-corrected chi connectivity index (χ1v) is 6.97. The van der Waals surface area contributed by atoms with Gasteiger partial charge in [0.2, 0.25) is 0 Å². The summed E-state index contributed by atoms with van der Waals surface area (Å²) in [5, 5.41) is 3.54. The number of pyridine rings is 1. The average Bonchev–Trinajstić information content (AvgIpc) is 2.95. The summed E-state index contributed by atoms with van der Waals surface area (Å²) in [6, 6.07) is 4.82. The lowest BCUT2D eigenvalue weighted by Gasteiger charge is -2.24. The van der Waals surface area contributed by atoms with Gasteiger partial charge in [0.25, 0.3) is 0 Å². The van der Waals surface area contributed by atoms with Crippen molar-refractivity contribution in [3.63, 3.8) is 0 Å². The lowest BCUT2D eigenvalue weighted by molar-refractivity contribution is 0.0904. The van der Waals surface area contributed by atoms with E-state index in [4.69, 9.17) is 4.74 Å². The van der Waals surface area contributed by atoms with E-state index in [9.17, 15) is 0 Å². The third-order valence-corrected chi connectivity index (χ3v) is 3.77. The molecule has 0 radical (unpaired) electrons. The normalized spacial score (nSPS) is 21.2. The van der Waals surface area contributed by atoms with E-state index in [1.807, 2.05) is 6.20 Å². The molecule has 0 bridgehead atoms. The number of nitrogens with zero attached hydrogens (tertiary/aromatic N) is 2. The van der Waals surface area contributed by atoms with E-state index >= 15 is 0 Å². The summed E-state index contributed by atoms with van der Waals surface area (Å²) in [6.07, 6.45) is 6.73. The van der Waals surface area contributed by atoms with Crippen LogP contribution in [0.5, 0.6) is 0 Å². The first-order chi connectivity index (χ1) is 8.92. The maximum absolute atomic E-state index is 5.36. The average molecular weight is 247 g/mol. The van der Waals surface area contributed by atoms with Crippen molar-refractivity contribution in [2.75, 3.05) is 36.5 Å². The van der Waals surface area contributed by atoms with Gasteiger partial charge in [-0.3, -0.25) is 0 Å². The first-order valence-electron chi connectivity index (χ1n) is 6.97. The summed E-state index contributed by atoms with van der Waals surface area (Å²) in [7, 11) is 0. The number of hydrogen-bond donors (Lipinski definition) is 1. The molecule has 2 aliphatic rings. The Labute approximate surface area is 108 Å². The van der Waals surface area contributed by atoms with E-state index in [1.54, 1.807) is 0 Å². The number of rotatable bonds is 3. The minimum atomic E-state index is 0.540. The molecule has 0 unspecified atom stereocenters. The van der Waals surface area contributed by atoms with E-state index < -0.39 is 0 Å². The Hall–Kier alpha value is -1.29. The molecule has 3 heterocycles. The molecule has 4 heteroatoms. The van der Waals surface area contributed by atoms with Gasteiger partial charge < -0.3 is 15.0 Å². The quantitative estimate of drug-likeness (QED) is 0.889. The van der Waals surface area contributed by atoms with Crippen molar-refractivity contribution < 1.29 is 4.74 Å². The van der Waals surface area contributed by atoms with E-state index in [1.165, 1.54) is 12.8 Å². The fraction of sp³-hybridized carbons (Fsp3) is 0.643. The lowest BCUT2D eigenvalue weighted by atomic mass is 10.1. The molecule has 1 N–H and O–H groups in total. The highest BCUT2D eigenvalue weighted by atomic mass is 16.5. The van der Waals surface area contributed by atoms with Gasteiger partial charge in [0, 0.05) is 32.3 Å². The zero-order valence-corrected chi connectivity index (χ0v) is 10.8. The number of nitrogens with one attached hydrogen (secondary N) is 1. The van der Waals surface area contributed by atoms with Crippen LogP contribution in [0.1, 0.15) is 25.7 Å². The van der Waals surface area contributed by atoms with Crippen molar-refractivity contribution in [2.45, 2.75) is 31.7 Å². The Morgan fingerprint density at radius 2 is 1.94 bits per heavy atom. The summed E-state index contributed by atoms with van der Waals surface area (Å²) >= 11 is 0. The SMILES string of the molecule is c1cc(N2CCCC2)ncc1NC1CCOCC1. The van der Waals surface area contributed by atoms with Crippen LogP contribution >= 0.6 is 0 Å². The second-order valence-corrected chi connectivity index (χ2v) is 5.13. The van der Waals surface area contributed by atoms with Crippen LogP contribution in [0.2, 0.25) is 0 Å². The Kier molecular flexibility index (Phi) is 3.64. The zero-order chi connectivity index (χ0) is 12.2. The maximum Gasteiger partial charge on any atom is 0.128 e. The number of ether oxygens (including phenoxy) is 1. The van der Waals surface area contributed by atoms with Crippen LogP contribution < -0.4 is 10.2 Å². The molecule has 4 nitrogen and oxygen atoms in total. The molecule has 0 amide bonds. The van der Waals surface area contributed by atoms with E-state index in [-0.39, 0.29) is 0 Å². The van der Waals surface area contributed by atoms with Crippen molar-refractivity contribution in [1.82, 2.24) is 4.98 Å². The standard InChI is InChI=1S/C14H21N3O/c1-2-8-17(7-1)14-4-3-13(11-15-14)16-12-5-9-18-10-6-12/h3-4,11-12,16H,1-2,5-10H2. The lowest BCUT2D eigenvalue weighted by Crippen LogP contribution is -2.28. The highest BCUT2D eigenvalue weighted by Crippen LogP contribution is 2.20. The van der Waals surface area contributed by atoms with Crippen LogP contribution in [0.25, 0.3) is 0 Å². The molecule has 2 saturated heterocycles. The second-order valence-electron chi connectivity index (χ2n) is 5.13. The Morgan fingerprint density at radius 3 is 2.61 bits per heavy atom. The fourth-order valence-electron chi connectivity index (χ4n) is 2.68. The Balaban J connectivity index is 1.59. The molecule has 18 heavy (non-hydrogen) atoms. The van der Waals surface area contributed by atoms with Gasteiger partial charge in [-0.1, -0.05) is 0 Å². The summed E-state index contributed by atoms with van der Waals surface area (Å²) in [5.74, 6) is 1.12. The molecule has 2 fully saturated rings. The van der Waals surface area contributed by atoms with Gasteiger partial charge in [0.1, 0.15) is 5.82 Å². The molecule has 0 aliphatic carbocycles. The van der Waals surface area contributed by atoms with E-state index in [0.29, 0.717) is 6.04 Å². The number of aromatic nitrogens is 1. The smallest absolute Gasteiger partial charge is 0.128 e. The monoisotopic (exact) mass is 247 g/mol. The molecule has 3 rings (SSSR count). The molecular weight excluding hydrogens is 226 g/mol. The molecule has 1 aromatic rings. The van der Waals surface area contributed by atoms with Gasteiger partial charge in [-0.25, -0.2) is 4.98 Å². The highest BCUT2D eigenvalue weighted by molar-refractivity contribution is 5.49. The number of hydrogen-bond acceptors (Lipinski definition) is 4. The van der Waals surface area contributed by atoms with Crippen molar-refractivity contribution in [1.29, 1.82) is 0 Å². The fourth-order valence-corrected chi connectivity index (χ4v) is 2.68. The Bertz CT molecular complexity index is 367. The summed E-state index contributed by atoms with van der Waals surface area (Å²) in [5.41, 5.74) is 1.13. The Morgan fingerprint density at radius 1 is 1.17 bits per heavy atom. The van der Waals surface area contributed by atoms with Gasteiger partial charge in [-0.15, -0.1) is 0 Å². The molecule has 1 aromatic heterocycles. The molecule has 0 spiro atoms. The summed E-state index contributed by atoms with van der Waals surface area (Å²) in [4.78, 5) is 6.92. The van der Waals surface area contributed by atoms with Gasteiger partial charge in [-0.2, -0.15) is 0 Å². The van der Waals surface area contributed by atoms with Crippen LogP contribution in [-0.2, 0) is 4.74 Å². The predicted octanol–water partition coefficient (Wildman–Crippen LogP) is 2.27. The highest BCUT2D eigenvalue weighted by Gasteiger charge is 2.15. The van der Waals surface area contributed by atoms with Crippen LogP contribution in [0.4, 0.5) is 11.5 Å². The number of anilines is 2. The summed E-state index contributed by atoms with van der Waals surface area (Å²) < 4.78 is 5.36. The zero-order valence-electron chi connectivity index (χ0n) is 10.8. The van der Waals surface area contributed by atoms with Crippen LogP contribution in [0.3, 0.4) is 0 Å². The largest absolute Gasteiger partial charge is 0.381 e. The first kappa shape index (κ1) is 11.8. The van der Waals surface area contributed by atoms with Crippen LogP contribution in [-0.4, -0.2) is 37.3 Å². The van der Waals surface area contributed by atoms with Gasteiger partial charge in [0.15, 0.2) is 0 Å². The minimum Gasteiger partial charge on any atom is -0.381 e. The topological polar surface area (TPSA) is 37.4 Å². The summed E-state index contributed by atoms with van der Waals surface area (Å²) in [6.45, 7) is 4.05. The van der Waals surface area contributed by atoms with Crippen molar-refractivity contribution >= 4 is 11.5 Å². The molecule has 0 saturated carbocycles. The van der Waals surface area contributed by atoms with Crippen molar-refractivity contribution in [2.24, 2.45) is 0 Å². The van der Waals surface area contributed by atoms with Crippen LogP contribution in [0, 0.1) is 0 Å². The van der Waals surface area contributed by atoms with Gasteiger partial charge in [0.05, 0.1) is 11.9 Å². The van der Waals surface area contributed by atoms with E-state index in [2.05, 4.69) is 27.3 Å². The third-order valence-electron chi connectivity index (χ3n) is 3.77. The van der Waals surface area contributed by atoms with Gasteiger partial charge in [-0.05, 0) is 37.8 Å². The second kappa shape index (κ2) is 5.57. The minimum absolute atomic E-state index is 0.540. The van der Waals surface area contributed by atoms with Crippen LogP contribution in [0.15, 0.2) is 18.3 Å². The molecule has 2 aliphatic heterocycles. The van der Waals surface area contributed by atoms with Crippen molar-refractivity contribution in [3.05, 3.63) is 18.3 Å². The third kappa shape index (κ3) is 2.75. The molecular formula is C14H21N3O. The maximum atomic E-state index is 5.36. The van der Waals surface area contributed by atoms with E-state index in [0.717, 1.165) is 50.7 Å². The molecule has 98 valence electrons.